The maximum absolute atomic E-state index is 12.0. The number of hydrogen-bond donors (Lipinski definition) is 1. The number of hydrogen-bond acceptors (Lipinski definition) is 4. The highest BCUT2D eigenvalue weighted by atomic mass is 79.9. The van der Waals surface area contributed by atoms with E-state index in [0.29, 0.717) is 10.2 Å². The highest BCUT2D eigenvalue weighted by Crippen LogP contribution is 2.15. The molecule has 2 rings (SSSR count). The van der Waals surface area contributed by atoms with E-state index in [2.05, 4.69) is 25.9 Å². The van der Waals surface area contributed by atoms with E-state index in [-0.39, 0.29) is 17.3 Å². The van der Waals surface area contributed by atoms with Gasteiger partial charge in [-0.3, -0.25) is 4.79 Å². The highest BCUT2D eigenvalue weighted by molar-refractivity contribution is 9.10. The monoisotopic (exact) mass is 277 g/mol. The SMILES string of the molecule is Nc1ncc(Br)nc1C(=O)c1ccccc1. The summed E-state index contributed by atoms with van der Waals surface area (Å²) in [4.78, 5) is 19.9. The van der Waals surface area contributed by atoms with E-state index < -0.39 is 0 Å². The number of ketones is 1. The largest absolute Gasteiger partial charge is 0.382 e. The molecule has 0 aliphatic rings. The van der Waals surface area contributed by atoms with Crippen molar-refractivity contribution in [1.29, 1.82) is 0 Å². The maximum Gasteiger partial charge on any atom is 0.215 e. The molecule has 1 aromatic carbocycles. The lowest BCUT2D eigenvalue weighted by Crippen LogP contribution is -2.09. The predicted octanol–water partition coefficient (Wildman–Crippen LogP) is 2.05. The van der Waals surface area contributed by atoms with E-state index in [1.54, 1.807) is 24.3 Å². The summed E-state index contributed by atoms with van der Waals surface area (Å²) in [5.41, 5.74) is 6.32. The minimum Gasteiger partial charge on any atom is -0.382 e. The minimum atomic E-state index is -0.230. The fourth-order valence-electron chi connectivity index (χ4n) is 1.27. The van der Waals surface area contributed by atoms with E-state index in [1.807, 2.05) is 6.07 Å². The van der Waals surface area contributed by atoms with Crippen LogP contribution >= 0.6 is 15.9 Å². The van der Waals surface area contributed by atoms with Crippen LogP contribution in [0.2, 0.25) is 0 Å². The number of halogens is 1. The van der Waals surface area contributed by atoms with Crippen LogP contribution in [-0.4, -0.2) is 15.8 Å². The van der Waals surface area contributed by atoms with Gasteiger partial charge in [-0.1, -0.05) is 30.3 Å². The van der Waals surface area contributed by atoms with Crippen LogP contribution in [0.1, 0.15) is 16.1 Å². The van der Waals surface area contributed by atoms with Crippen molar-refractivity contribution in [1.82, 2.24) is 9.97 Å². The summed E-state index contributed by atoms with van der Waals surface area (Å²) in [5, 5.41) is 0. The molecule has 0 saturated carbocycles. The summed E-state index contributed by atoms with van der Waals surface area (Å²) in [6.07, 6.45) is 1.46. The minimum absolute atomic E-state index is 0.136. The third-order valence-corrected chi connectivity index (χ3v) is 2.40. The zero-order valence-electron chi connectivity index (χ0n) is 8.22. The number of nitrogens with two attached hydrogens (primary N) is 1. The number of nitrogens with zero attached hydrogens (tertiary/aromatic N) is 2. The van der Waals surface area contributed by atoms with Gasteiger partial charge in [-0.25, -0.2) is 9.97 Å². The molecular formula is C11H8BrN3O. The van der Waals surface area contributed by atoms with Crippen molar-refractivity contribution >= 4 is 27.5 Å². The van der Waals surface area contributed by atoms with Crippen molar-refractivity contribution in [3.8, 4) is 0 Å². The highest BCUT2D eigenvalue weighted by Gasteiger charge is 2.14. The summed E-state index contributed by atoms with van der Waals surface area (Å²) in [7, 11) is 0. The van der Waals surface area contributed by atoms with E-state index in [4.69, 9.17) is 5.73 Å². The van der Waals surface area contributed by atoms with Crippen molar-refractivity contribution < 1.29 is 4.79 Å². The second-order valence-electron chi connectivity index (χ2n) is 3.12. The lowest BCUT2D eigenvalue weighted by atomic mass is 10.1. The molecular weight excluding hydrogens is 270 g/mol. The molecule has 0 atom stereocenters. The van der Waals surface area contributed by atoms with Crippen molar-refractivity contribution in [2.24, 2.45) is 0 Å². The Bertz CT molecular complexity index is 528. The smallest absolute Gasteiger partial charge is 0.215 e. The van der Waals surface area contributed by atoms with Crippen LogP contribution in [0.3, 0.4) is 0 Å². The van der Waals surface area contributed by atoms with Crippen LogP contribution in [-0.2, 0) is 0 Å². The normalized spacial score (nSPS) is 10.1. The van der Waals surface area contributed by atoms with E-state index in [0.717, 1.165) is 0 Å². The van der Waals surface area contributed by atoms with Crippen LogP contribution < -0.4 is 5.73 Å². The number of carbonyl (C=O) groups is 1. The molecule has 0 radical (unpaired) electrons. The fraction of sp³-hybridized carbons (Fsp3) is 0. The van der Waals surface area contributed by atoms with Crippen LogP contribution in [0.5, 0.6) is 0 Å². The van der Waals surface area contributed by atoms with Gasteiger partial charge in [0.05, 0.1) is 6.20 Å². The molecule has 1 heterocycles. The molecule has 0 spiro atoms. The Kier molecular flexibility index (Phi) is 2.96. The number of aromatic nitrogens is 2. The molecule has 16 heavy (non-hydrogen) atoms. The van der Waals surface area contributed by atoms with Gasteiger partial charge in [0.25, 0.3) is 0 Å². The number of carbonyl (C=O) groups excluding carboxylic acids is 1. The number of benzene rings is 1. The van der Waals surface area contributed by atoms with E-state index in [1.165, 1.54) is 6.20 Å². The van der Waals surface area contributed by atoms with Crippen molar-refractivity contribution in [3.05, 3.63) is 52.4 Å². The van der Waals surface area contributed by atoms with Crippen LogP contribution in [0.4, 0.5) is 5.82 Å². The summed E-state index contributed by atoms with van der Waals surface area (Å²) < 4.78 is 0.487. The average Bonchev–Trinajstić information content (AvgIpc) is 2.32. The number of rotatable bonds is 2. The molecule has 5 heteroatoms. The molecule has 0 fully saturated rings. The molecule has 2 N–H and O–H groups in total. The van der Waals surface area contributed by atoms with Gasteiger partial charge in [0, 0.05) is 5.56 Å². The lowest BCUT2D eigenvalue weighted by Gasteiger charge is -2.03. The molecule has 0 saturated heterocycles. The fourth-order valence-corrected chi connectivity index (χ4v) is 1.55. The number of anilines is 1. The van der Waals surface area contributed by atoms with E-state index in [9.17, 15) is 4.79 Å². The molecule has 2 aromatic rings. The first kappa shape index (κ1) is 10.8. The van der Waals surface area contributed by atoms with Gasteiger partial charge >= 0.3 is 0 Å². The zero-order chi connectivity index (χ0) is 11.5. The van der Waals surface area contributed by atoms with Gasteiger partial charge in [-0.15, -0.1) is 0 Å². The Morgan fingerprint density at radius 3 is 2.62 bits per heavy atom. The quantitative estimate of drug-likeness (QED) is 0.853. The third kappa shape index (κ3) is 2.09. The summed E-state index contributed by atoms with van der Waals surface area (Å²) >= 11 is 3.16. The molecule has 0 aliphatic carbocycles. The van der Waals surface area contributed by atoms with Gasteiger partial charge < -0.3 is 5.73 Å². The molecule has 0 unspecified atom stereocenters. The van der Waals surface area contributed by atoms with Crippen molar-refractivity contribution in [3.63, 3.8) is 0 Å². The summed E-state index contributed by atoms with van der Waals surface area (Å²) in [6.45, 7) is 0. The van der Waals surface area contributed by atoms with Gasteiger partial charge in [0.2, 0.25) is 5.78 Å². The third-order valence-electron chi connectivity index (χ3n) is 2.02. The predicted molar refractivity (Wildman–Crippen MR) is 64.0 cm³/mol. The number of nitrogen functional groups attached to an aromatic ring is 1. The van der Waals surface area contributed by atoms with Crippen molar-refractivity contribution in [2.75, 3.05) is 5.73 Å². The molecule has 0 aliphatic heterocycles. The average molecular weight is 278 g/mol. The Hall–Kier alpha value is -1.75. The van der Waals surface area contributed by atoms with Crippen LogP contribution in [0.15, 0.2) is 41.1 Å². The van der Waals surface area contributed by atoms with Gasteiger partial charge in [0.15, 0.2) is 11.5 Å². The Morgan fingerprint density at radius 1 is 1.25 bits per heavy atom. The standard InChI is InChI=1S/C11H8BrN3O/c12-8-6-14-11(13)9(15-8)10(16)7-4-2-1-3-5-7/h1-6H,(H2,13,14). The van der Waals surface area contributed by atoms with Crippen LogP contribution in [0.25, 0.3) is 0 Å². The van der Waals surface area contributed by atoms with Gasteiger partial charge in [-0.05, 0) is 15.9 Å². The first-order chi connectivity index (χ1) is 7.68. The van der Waals surface area contributed by atoms with E-state index >= 15 is 0 Å². The lowest BCUT2D eigenvalue weighted by molar-refractivity contribution is 0.103. The first-order valence-corrected chi connectivity index (χ1v) is 5.35. The second kappa shape index (κ2) is 4.40. The van der Waals surface area contributed by atoms with Gasteiger partial charge in [0.1, 0.15) is 4.60 Å². The molecule has 0 bridgehead atoms. The second-order valence-corrected chi connectivity index (χ2v) is 3.93. The van der Waals surface area contributed by atoms with Crippen LogP contribution in [0, 0.1) is 0 Å². The van der Waals surface area contributed by atoms with Crippen molar-refractivity contribution in [2.45, 2.75) is 0 Å². The van der Waals surface area contributed by atoms with Gasteiger partial charge in [-0.2, -0.15) is 0 Å². The Balaban J connectivity index is 2.46. The summed E-state index contributed by atoms with van der Waals surface area (Å²) in [6, 6.07) is 8.84. The maximum atomic E-state index is 12.0. The first-order valence-electron chi connectivity index (χ1n) is 4.56. The zero-order valence-corrected chi connectivity index (χ0v) is 9.81. The molecule has 4 nitrogen and oxygen atoms in total. The molecule has 1 aromatic heterocycles. The topological polar surface area (TPSA) is 68.9 Å². The summed E-state index contributed by atoms with van der Waals surface area (Å²) in [5.74, 6) is -0.0936. The Morgan fingerprint density at radius 2 is 1.94 bits per heavy atom. The molecule has 80 valence electrons. The molecule has 0 amide bonds. The Labute approximate surface area is 101 Å².